The van der Waals surface area contributed by atoms with Crippen LogP contribution in [0.3, 0.4) is 0 Å². The van der Waals surface area contributed by atoms with Gasteiger partial charge >= 0.3 is 6.18 Å². The Balaban J connectivity index is 1.67. The fraction of sp³-hybridized carbons (Fsp3) is 0.429. The molecule has 1 aliphatic carbocycles. The van der Waals surface area contributed by atoms with Crippen molar-refractivity contribution in [3.8, 4) is 5.75 Å². The van der Waals surface area contributed by atoms with E-state index in [1.165, 1.54) is 11.8 Å². The van der Waals surface area contributed by atoms with E-state index < -0.39 is 12.7 Å². The highest BCUT2D eigenvalue weighted by Gasteiger charge is 2.29. The zero-order valence-electron chi connectivity index (χ0n) is 11.6. The van der Waals surface area contributed by atoms with Gasteiger partial charge in [-0.05, 0) is 18.9 Å². The van der Waals surface area contributed by atoms with Crippen LogP contribution in [-0.4, -0.2) is 27.0 Å². The molecule has 0 aliphatic heterocycles. The third kappa shape index (κ3) is 4.16. The van der Waals surface area contributed by atoms with E-state index in [9.17, 15) is 13.2 Å². The maximum Gasteiger partial charge on any atom is 0.406 e. The fourth-order valence-electron chi connectivity index (χ4n) is 1.90. The van der Waals surface area contributed by atoms with E-state index in [2.05, 4.69) is 10.2 Å². The largest absolute Gasteiger partial charge is 0.490 e. The second kappa shape index (κ2) is 6.20. The molecule has 22 heavy (non-hydrogen) atoms. The Bertz CT molecular complexity index is 640. The van der Waals surface area contributed by atoms with Crippen molar-refractivity contribution in [3.05, 3.63) is 36.2 Å². The monoisotopic (exact) mass is 329 g/mol. The molecule has 4 nitrogen and oxygen atoms in total. The summed E-state index contributed by atoms with van der Waals surface area (Å²) < 4.78 is 44.2. The minimum absolute atomic E-state index is 0.249. The van der Waals surface area contributed by atoms with Crippen LogP contribution >= 0.6 is 11.8 Å². The molecule has 1 aromatic carbocycles. The Kier molecular flexibility index (Phi) is 4.28. The molecule has 3 rings (SSSR count). The first-order valence-corrected chi connectivity index (χ1v) is 7.82. The molecular formula is C14H14F3N3OS. The van der Waals surface area contributed by atoms with E-state index >= 15 is 0 Å². The molecule has 1 heterocycles. The van der Waals surface area contributed by atoms with Crippen LogP contribution < -0.4 is 4.74 Å². The van der Waals surface area contributed by atoms with Crippen molar-refractivity contribution in [2.75, 3.05) is 0 Å². The lowest BCUT2D eigenvalue weighted by atomic mass is 10.2. The summed E-state index contributed by atoms with van der Waals surface area (Å²) in [5.41, 5.74) is 0.945. The number of thioether (sulfide) groups is 1. The summed E-state index contributed by atoms with van der Waals surface area (Å²) in [4.78, 5) is 0. The van der Waals surface area contributed by atoms with Crippen LogP contribution in [-0.2, 0) is 12.3 Å². The van der Waals surface area contributed by atoms with Crippen LogP contribution in [0.4, 0.5) is 13.2 Å². The number of ether oxygens (including phenoxy) is 1. The van der Waals surface area contributed by atoms with Gasteiger partial charge in [0.25, 0.3) is 0 Å². The topological polar surface area (TPSA) is 39.9 Å². The van der Waals surface area contributed by atoms with Gasteiger partial charge in [0.05, 0.1) is 6.10 Å². The minimum atomic E-state index is -4.29. The summed E-state index contributed by atoms with van der Waals surface area (Å²) >= 11 is 1.22. The van der Waals surface area contributed by atoms with E-state index in [4.69, 9.17) is 4.74 Å². The SMILES string of the molecule is FC(F)(F)Cn1cnnc1SCc1ccccc1OC1CC1. The molecular weight excluding hydrogens is 315 g/mol. The third-order valence-corrected chi connectivity index (χ3v) is 4.11. The highest BCUT2D eigenvalue weighted by molar-refractivity contribution is 7.98. The van der Waals surface area contributed by atoms with Gasteiger partial charge in [-0.3, -0.25) is 4.57 Å². The normalized spacial score (nSPS) is 15.0. The number of rotatable bonds is 6. The number of benzene rings is 1. The van der Waals surface area contributed by atoms with Gasteiger partial charge < -0.3 is 4.74 Å². The van der Waals surface area contributed by atoms with Gasteiger partial charge in [-0.1, -0.05) is 30.0 Å². The van der Waals surface area contributed by atoms with Crippen molar-refractivity contribution >= 4 is 11.8 Å². The van der Waals surface area contributed by atoms with E-state index in [1.807, 2.05) is 24.3 Å². The number of nitrogens with zero attached hydrogens (tertiary/aromatic N) is 3. The summed E-state index contributed by atoms with van der Waals surface area (Å²) in [6.45, 7) is -1.08. The molecule has 0 spiro atoms. The fourth-order valence-corrected chi connectivity index (χ4v) is 2.81. The standard InChI is InChI=1S/C14H14F3N3OS/c15-14(16,17)8-20-9-18-19-13(20)22-7-10-3-1-2-4-12(10)21-11-5-6-11/h1-4,9,11H,5-8H2. The molecule has 8 heteroatoms. The number of aromatic nitrogens is 3. The molecule has 0 radical (unpaired) electrons. The average molecular weight is 329 g/mol. The summed E-state index contributed by atoms with van der Waals surface area (Å²) in [5.74, 6) is 1.28. The van der Waals surface area contributed by atoms with Crippen LogP contribution in [0.15, 0.2) is 35.7 Å². The van der Waals surface area contributed by atoms with Gasteiger partial charge in [0.1, 0.15) is 18.6 Å². The lowest BCUT2D eigenvalue weighted by Gasteiger charge is -2.11. The van der Waals surface area contributed by atoms with Crippen LogP contribution in [0.2, 0.25) is 0 Å². The van der Waals surface area contributed by atoms with Crippen LogP contribution in [0.1, 0.15) is 18.4 Å². The molecule has 118 valence electrons. The number of hydrogen-bond acceptors (Lipinski definition) is 4. The molecule has 0 bridgehead atoms. The van der Waals surface area contributed by atoms with Crippen LogP contribution in [0.5, 0.6) is 5.75 Å². The average Bonchev–Trinajstić information content (AvgIpc) is 3.16. The lowest BCUT2D eigenvalue weighted by molar-refractivity contribution is -0.142. The van der Waals surface area contributed by atoms with E-state index in [-0.39, 0.29) is 11.3 Å². The molecule has 2 aromatic rings. The second-order valence-electron chi connectivity index (χ2n) is 5.07. The maximum atomic E-state index is 12.5. The first-order valence-electron chi connectivity index (χ1n) is 6.83. The highest BCUT2D eigenvalue weighted by Crippen LogP contribution is 2.32. The Labute approximate surface area is 129 Å². The molecule has 0 saturated heterocycles. The van der Waals surface area contributed by atoms with Crippen molar-refractivity contribution in [1.82, 2.24) is 14.8 Å². The zero-order chi connectivity index (χ0) is 15.6. The first-order chi connectivity index (χ1) is 10.5. The molecule has 0 amide bonds. The number of halogens is 3. The molecule has 1 fully saturated rings. The summed E-state index contributed by atoms with van der Waals surface area (Å²) in [7, 11) is 0. The van der Waals surface area contributed by atoms with Gasteiger partial charge in [-0.25, -0.2) is 0 Å². The van der Waals surface area contributed by atoms with Crippen molar-refractivity contribution in [2.45, 2.75) is 42.6 Å². The summed E-state index contributed by atoms with van der Waals surface area (Å²) in [6.07, 6.45) is -0.796. The number of hydrogen-bond donors (Lipinski definition) is 0. The summed E-state index contributed by atoms with van der Waals surface area (Å²) in [6, 6.07) is 7.57. The van der Waals surface area contributed by atoms with Crippen molar-refractivity contribution in [1.29, 1.82) is 0 Å². The number of para-hydroxylation sites is 1. The molecule has 0 atom stereocenters. The lowest BCUT2D eigenvalue weighted by Crippen LogP contribution is -2.17. The molecule has 1 saturated carbocycles. The van der Waals surface area contributed by atoms with Crippen molar-refractivity contribution in [3.63, 3.8) is 0 Å². The molecule has 0 unspecified atom stereocenters. The van der Waals surface area contributed by atoms with Gasteiger partial charge in [-0.2, -0.15) is 13.2 Å². The van der Waals surface area contributed by atoms with Crippen LogP contribution in [0, 0.1) is 0 Å². The first kappa shape index (κ1) is 15.2. The third-order valence-electron chi connectivity index (χ3n) is 3.08. The second-order valence-corrected chi connectivity index (χ2v) is 6.01. The van der Waals surface area contributed by atoms with Gasteiger partial charge in [0.2, 0.25) is 0 Å². The Hall–Kier alpha value is -1.70. The summed E-state index contributed by atoms with van der Waals surface area (Å²) in [5, 5.41) is 7.56. The predicted octanol–water partition coefficient (Wildman–Crippen LogP) is 3.67. The van der Waals surface area contributed by atoms with E-state index in [0.717, 1.165) is 35.0 Å². The smallest absolute Gasteiger partial charge is 0.406 e. The molecule has 0 N–H and O–H groups in total. The highest BCUT2D eigenvalue weighted by atomic mass is 32.2. The number of alkyl halides is 3. The Morgan fingerprint density at radius 1 is 1.27 bits per heavy atom. The molecule has 1 aliphatic rings. The molecule has 1 aromatic heterocycles. The Morgan fingerprint density at radius 3 is 2.77 bits per heavy atom. The van der Waals surface area contributed by atoms with Gasteiger partial charge in [0, 0.05) is 11.3 Å². The zero-order valence-corrected chi connectivity index (χ0v) is 12.4. The van der Waals surface area contributed by atoms with Crippen molar-refractivity contribution in [2.24, 2.45) is 0 Å². The minimum Gasteiger partial charge on any atom is -0.490 e. The van der Waals surface area contributed by atoms with E-state index in [1.54, 1.807) is 0 Å². The van der Waals surface area contributed by atoms with Crippen LogP contribution in [0.25, 0.3) is 0 Å². The Morgan fingerprint density at radius 2 is 2.05 bits per heavy atom. The van der Waals surface area contributed by atoms with Gasteiger partial charge in [0.15, 0.2) is 5.16 Å². The quantitative estimate of drug-likeness (QED) is 0.758. The maximum absolute atomic E-state index is 12.5. The predicted molar refractivity (Wildman–Crippen MR) is 75.7 cm³/mol. The van der Waals surface area contributed by atoms with E-state index in [0.29, 0.717) is 5.75 Å². The van der Waals surface area contributed by atoms with Crippen molar-refractivity contribution < 1.29 is 17.9 Å². The van der Waals surface area contributed by atoms with Gasteiger partial charge in [-0.15, -0.1) is 10.2 Å².